The third kappa shape index (κ3) is 2.10. The number of ether oxygens (including phenoxy) is 1. The standard InChI is InChI=1S/C14H18N2O2/c1-4-13-15-11-8-6-7-9-12(11)16(13)10(3)14(17)18-5-2/h6-10H,4-5H2,1-3H3. The van der Waals surface area contributed by atoms with Gasteiger partial charge >= 0.3 is 5.97 Å². The summed E-state index contributed by atoms with van der Waals surface area (Å²) in [6.45, 7) is 6.11. The normalized spacial score (nSPS) is 12.6. The predicted octanol–water partition coefficient (Wildman–Crippen LogP) is 2.72. The molecule has 1 unspecified atom stereocenters. The summed E-state index contributed by atoms with van der Waals surface area (Å²) in [5, 5.41) is 0. The molecule has 18 heavy (non-hydrogen) atoms. The van der Waals surface area contributed by atoms with Crippen molar-refractivity contribution in [1.82, 2.24) is 9.55 Å². The molecule has 0 bridgehead atoms. The van der Waals surface area contributed by atoms with Crippen LogP contribution in [0.25, 0.3) is 11.0 Å². The van der Waals surface area contributed by atoms with Crippen molar-refractivity contribution in [1.29, 1.82) is 0 Å². The smallest absolute Gasteiger partial charge is 0.328 e. The average molecular weight is 246 g/mol. The van der Waals surface area contributed by atoms with Gasteiger partial charge < -0.3 is 9.30 Å². The highest BCUT2D eigenvalue weighted by Crippen LogP contribution is 2.22. The lowest BCUT2D eigenvalue weighted by Gasteiger charge is -2.15. The average Bonchev–Trinajstić information content (AvgIpc) is 2.76. The number of esters is 1. The molecule has 0 saturated carbocycles. The second-order valence-electron chi connectivity index (χ2n) is 4.17. The molecule has 0 aliphatic carbocycles. The van der Waals surface area contributed by atoms with Gasteiger partial charge in [-0.1, -0.05) is 19.1 Å². The van der Waals surface area contributed by atoms with Crippen LogP contribution in [0.3, 0.4) is 0 Å². The first-order valence-corrected chi connectivity index (χ1v) is 6.31. The Bertz CT molecular complexity index is 560. The summed E-state index contributed by atoms with van der Waals surface area (Å²) in [6, 6.07) is 7.51. The molecule has 2 aromatic rings. The van der Waals surface area contributed by atoms with Crippen molar-refractivity contribution in [2.75, 3.05) is 6.61 Å². The highest BCUT2D eigenvalue weighted by atomic mass is 16.5. The van der Waals surface area contributed by atoms with Gasteiger partial charge in [-0.15, -0.1) is 0 Å². The zero-order chi connectivity index (χ0) is 13.1. The van der Waals surface area contributed by atoms with Gasteiger partial charge in [-0.25, -0.2) is 9.78 Å². The molecule has 0 saturated heterocycles. The van der Waals surface area contributed by atoms with Crippen molar-refractivity contribution in [3.05, 3.63) is 30.1 Å². The zero-order valence-electron chi connectivity index (χ0n) is 11.0. The van der Waals surface area contributed by atoms with Crippen LogP contribution in [0.15, 0.2) is 24.3 Å². The van der Waals surface area contributed by atoms with Crippen molar-refractivity contribution in [2.45, 2.75) is 33.2 Å². The third-order valence-corrected chi connectivity index (χ3v) is 3.00. The number of carbonyl (C=O) groups is 1. The molecule has 0 radical (unpaired) electrons. The van der Waals surface area contributed by atoms with Crippen LogP contribution < -0.4 is 0 Å². The number of aromatic nitrogens is 2. The molecular weight excluding hydrogens is 228 g/mol. The van der Waals surface area contributed by atoms with Crippen molar-refractivity contribution < 1.29 is 9.53 Å². The number of para-hydroxylation sites is 2. The number of imidazole rings is 1. The Morgan fingerprint density at radius 2 is 2.11 bits per heavy atom. The molecule has 0 N–H and O–H groups in total. The second-order valence-corrected chi connectivity index (χ2v) is 4.17. The maximum atomic E-state index is 11.9. The lowest BCUT2D eigenvalue weighted by atomic mass is 10.2. The minimum absolute atomic E-state index is 0.213. The molecule has 1 aromatic carbocycles. The van der Waals surface area contributed by atoms with Crippen molar-refractivity contribution in [3.63, 3.8) is 0 Å². The van der Waals surface area contributed by atoms with Crippen LogP contribution in [-0.2, 0) is 16.0 Å². The molecule has 0 amide bonds. The summed E-state index contributed by atoms with van der Waals surface area (Å²) in [7, 11) is 0. The Morgan fingerprint density at radius 3 is 2.78 bits per heavy atom. The summed E-state index contributed by atoms with van der Waals surface area (Å²) in [6.07, 6.45) is 0.790. The molecule has 0 aliphatic heterocycles. The monoisotopic (exact) mass is 246 g/mol. The molecule has 0 spiro atoms. The topological polar surface area (TPSA) is 44.1 Å². The predicted molar refractivity (Wildman–Crippen MR) is 70.5 cm³/mol. The van der Waals surface area contributed by atoms with Gasteiger partial charge in [-0.05, 0) is 26.0 Å². The number of benzene rings is 1. The molecule has 2 rings (SSSR count). The number of hydrogen-bond donors (Lipinski definition) is 0. The molecular formula is C14H18N2O2. The van der Waals surface area contributed by atoms with Crippen LogP contribution >= 0.6 is 0 Å². The van der Waals surface area contributed by atoms with Crippen LogP contribution in [0, 0.1) is 0 Å². The SMILES string of the molecule is CCOC(=O)C(C)n1c(CC)nc2ccccc21. The number of nitrogens with zero attached hydrogens (tertiary/aromatic N) is 2. The van der Waals surface area contributed by atoms with E-state index >= 15 is 0 Å². The van der Waals surface area contributed by atoms with Crippen molar-refractivity contribution in [2.24, 2.45) is 0 Å². The fourth-order valence-electron chi connectivity index (χ4n) is 2.14. The Labute approximate surface area is 107 Å². The maximum Gasteiger partial charge on any atom is 0.328 e. The van der Waals surface area contributed by atoms with Crippen LogP contribution in [0.4, 0.5) is 0 Å². The van der Waals surface area contributed by atoms with Crippen LogP contribution in [-0.4, -0.2) is 22.1 Å². The van der Waals surface area contributed by atoms with Gasteiger partial charge in [-0.3, -0.25) is 0 Å². The maximum absolute atomic E-state index is 11.9. The fourth-order valence-corrected chi connectivity index (χ4v) is 2.14. The minimum atomic E-state index is -0.340. The van der Waals surface area contributed by atoms with E-state index in [0.717, 1.165) is 23.3 Å². The summed E-state index contributed by atoms with van der Waals surface area (Å²) < 4.78 is 7.05. The number of carbonyl (C=O) groups excluding carboxylic acids is 1. The van der Waals surface area contributed by atoms with E-state index in [1.165, 1.54) is 0 Å². The number of hydrogen-bond acceptors (Lipinski definition) is 3. The van der Waals surface area contributed by atoms with Gasteiger partial charge in [0.2, 0.25) is 0 Å². The molecule has 1 aromatic heterocycles. The van der Waals surface area contributed by atoms with Crippen molar-refractivity contribution in [3.8, 4) is 0 Å². The largest absolute Gasteiger partial charge is 0.464 e. The van der Waals surface area contributed by atoms with E-state index in [9.17, 15) is 4.79 Å². The minimum Gasteiger partial charge on any atom is -0.464 e. The first kappa shape index (κ1) is 12.6. The molecule has 1 atom stereocenters. The van der Waals surface area contributed by atoms with E-state index in [-0.39, 0.29) is 12.0 Å². The lowest BCUT2D eigenvalue weighted by molar-refractivity contribution is -0.146. The van der Waals surface area contributed by atoms with Gasteiger partial charge in [0.1, 0.15) is 11.9 Å². The van der Waals surface area contributed by atoms with Gasteiger partial charge in [0, 0.05) is 6.42 Å². The zero-order valence-corrected chi connectivity index (χ0v) is 11.0. The first-order chi connectivity index (χ1) is 8.69. The second kappa shape index (κ2) is 5.21. The summed E-state index contributed by atoms with van der Waals surface area (Å²) in [5.74, 6) is 0.701. The van der Waals surface area contributed by atoms with E-state index in [1.54, 1.807) is 0 Å². The van der Waals surface area contributed by atoms with Crippen LogP contribution in [0.5, 0.6) is 0 Å². The Balaban J connectivity index is 2.50. The van der Waals surface area contributed by atoms with E-state index in [2.05, 4.69) is 4.98 Å². The molecule has 96 valence electrons. The number of aryl methyl sites for hydroxylation is 1. The van der Waals surface area contributed by atoms with E-state index in [0.29, 0.717) is 6.61 Å². The molecule has 4 heteroatoms. The van der Waals surface area contributed by atoms with Gasteiger partial charge in [0.05, 0.1) is 17.6 Å². The third-order valence-electron chi connectivity index (χ3n) is 3.00. The highest BCUT2D eigenvalue weighted by Gasteiger charge is 2.21. The number of rotatable bonds is 4. The lowest BCUT2D eigenvalue weighted by Crippen LogP contribution is -2.20. The summed E-state index contributed by atoms with van der Waals surface area (Å²) >= 11 is 0. The quantitative estimate of drug-likeness (QED) is 0.779. The Morgan fingerprint density at radius 1 is 1.39 bits per heavy atom. The van der Waals surface area contributed by atoms with Gasteiger partial charge in [0.25, 0.3) is 0 Å². The van der Waals surface area contributed by atoms with Crippen molar-refractivity contribution >= 4 is 17.0 Å². The van der Waals surface area contributed by atoms with Crippen LogP contribution in [0.1, 0.15) is 32.6 Å². The van der Waals surface area contributed by atoms with Gasteiger partial charge in [-0.2, -0.15) is 0 Å². The van der Waals surface area contributed by atoms with E-state index in [1.807, 2.05) is 49.6 Å². The number of fused-ring (bicyclic) bond motifs is 1. The molecule has 1 heterocycles. The Hall–Kier alpha value is -1.84. The van der Waals surface area contributed by atoms with E-state index in [4.69, 9.17) is 4.74 Å². The molecule has 0 fully saturated rings. The highest BCUT2D eigenvalue weighted by molar-refractivity contribution is 5.81. The summed E-state index contributed by atoms with van der Waals surface area (Å²) in [4.78, 5) is 16.4. The fraction of sp³-hybridized carbons (Fsp3) is 0.429. The molecule has 0 aliphatic rings. The summed E-state index contributed by atoms with van der Waals surface area (Å²) in [5.41, 5.74) is 1.90. The van der Waals surface area contributed by atoms with Crippen LogP contribution in [0.2, 0.25) is 0 Å². The first-order valence-electron chi connectivity index (χ1n) is 6.31. The Kier molecular flexibility index (Phi) is 3.65. The van der Waals surface area contributed by atoms with E-state index < -0.39 is 0 Å². The molecule has 4 nitrogen and oxygen atoms in total. The van der Waals surface area contributed by atoms with Gasteiger partial charge in [0.15, 0.2) is 0 Å².